The molecule has 0 fully saturated rings. The van der Waals surface area contributed by atoms with E-state index in [0.29, 0.717) is 13.1 Å². The predicted octanol–water partition coefficient (Wildman–Crippen LogP) is -1.33. The van der Waals surface area contributed by atoms with Gasteiger partial charge in [0, 0.05) is 12.6 Å². The van der Waals surface area contributed by atoms with Crippen LogP contribution in [-0.4, -0.2) is 42.6 Å². The van der Waals surface area contributed by atoms with Crippen LogP contribution in [0.25, 0.3) is 0 Å². The number of rotatable bonds is 7. The third-order valence-corrected chi connectivity index (χ3v) is 1.52. The highest BCUT2D eigenvalue weighted by Gasteiger charge is 2.03. The normalized spacial score (nSPS) is 13.4. The molecule has 4 nitrogen and oxygen atoms in total. The van der Waals surface area contributed by atoms with Crippen LogP contribution in [-0.2, 0) is 0 Å². The molecule has 68 valence electrons. The topological polar surface area (TPSA) is 78.5 Å². The number of hydrogen-bond donors (Lipinski definition) is 4. The van der Waals surface area contributed by atoms with Gasteiger partial charge in [-0.25, -0.2) is 0 Å². The summed E-state index contributed by atoms with van der Waals surface area (Å²) in [5, 5.41) is 20.3. The summed E-state index contributed by atoms with van der Waals surface area (Å²) in [7, 11) is 0. The van der Waals surface area contributed by atoms with E-state index in [0.717, 1.165) is 12.8 Å². The van der Waals surface area contributed by atoms with Crippen molar-refractivity contribution in [2.45, 2.75) is 18.9 Å². The van der Waals surface area contributed by atoms with Crippen molar-refractivity contribution in [3.8, 4) is 0 Å². The molecule has 0 aromatic carbocycles. The summed E-state index contributed by atoms with van der Waals surface area (Å²) in [6.07, 6.45) is 1.77. The Morgan fingerprint density at radius 2 is 2.09 bits per heavy atom. The fourth-order valence-corrected chi connectivity index (χ4v) is 0.891. The Hall–Kier alpha value is -0.160. The first-order valence-electron chi connectivity index (χ1n) is 4.00. The Bertz CT molecular complexity index is 72.8. The van der Waals surface area contributed by atoms with Gasteiger partial charge in [-0.1, -0.05) is 0 Å². The zero-order valence-electron chi connectivity index (χ0n) is 6.79. The van der Waals surface area contributed by atoms with Gasteiger partial charge in [0.15, 0.2) is 0 Å². The lowest BCUT2D eigenvalue weighted by molar-refractivity contribution is 0.219. The molecule has 0 rings (SSSR count). The molecule has 5 N–H and O–H groups in total. The molecule has 11 heavy (non-hydrogen) atoms. The lowest BCUT2D eigenvalue weighted by Crippen LogP contribution is -2.34. The molecule has 0 aliphatic heterocycles. The van der Waals surface area contributed by atoms with E-state index in [1.165, 1.54) is 0 Å². The molecular formula is C7H18N2O2. The molecule has 0 aliphatic carbocycles. The van der Waals surface area contributed by atoms with Gasteiger partial charge in [0.2, 0.25) is 0 Å². The van der Waals surface area contributed by atoms with Gasteiger partial charge < -0.3 is 21.3 Å². The fraction of sp³-hybridized carbons (Fsp3) is 1.00. The summed E-state index contributed by atoms with van der Waals surface area (Å²) in [6.45, 7) is 1.41. The van der Waals surface area contributed by atoms with E-state index in [1.54, 1.807) is 0 Å². The van der Waals surface area contributed by atoms with Crippen LogP contribution in [0.15, 0.2) is 0 Å². The van der Waals surface area contributed by atoms with Gasteiger partial charge in [-0.2, -0.15) is 0 Å². The first-order chi connectivity index (χ1) is 5.35. The van der Waals surface area contributed by atoms with Crippen molar-refractivity contribution < 1.29 is 10.2 Å². The summed E-state index contributed by atoms with van der Waals surface area (Å²) >= 11 is 0. The lowest BCUT2D eigenvalue weighted by atomic mass is 10.1. The Labute approximate surface area is 67.4 Å². The maximum Gasteiger partial charge on any atom is 0.0584 e. The molecule has 4 heteroatoms. The second kappa shape index (κ2) is 7.94. The first-order valence-corrected chi connectivity index (χ1v) is 4.00. The summed E-state index contributed by atoms with van der Waals surface area (Å²) in [5.74, 6) is 0. The molecule has 0 heterocycles. The number of hydrogen-bond acceptors (Lipinski definition) is 4. The summed E-state index contributed by atoms with van der Waals surface area (Å²) in [5.41, 5.74) is 5.30. The van der Waals surface area contributed by atoms with Crippen molar-refractivity contribution >= 4 is 0 Å². The third-order valence-electron chi connectivity index (χ3n) is 1.52. The molecule has 0 spiro atoms. The first kappa shape index (κ1) is 10.8. The minimum Gasteiger partial charge on any atom is -0.395 e. The maximum atomic E-state index is 8.79. The quantitative estimate of drug-likeness (QED) is 0.374. The van der Waals surface area contributed by atoms with Crippen LogP contribution in [0.1, 0.15) is 12.8 Å². The Kier molecular flexibility index (Phi) is 7.83. The van der Waals surface area contributed by atoms with E-state index in [2.05, 4.69) is 5.32 Å². The van der Waals surface area contributed by atoms with Gasteiger partial charge in [0.1, 0.15) is 0 Å². The minimum absolute atomic E-state index is 0.0886. The Morgan fingerprint density at radius 1 is 1.36 bits per heavy atom. The van der Waals surface area contributed by atoms with Crippen molar-refractivity contribution in [1.82, 2.24) is 5.32 Å². The zero-order valence-corrected chi connectivity index (χ0v) is 6.79. The van der Waals surface area contributed by atoms with E-state index in [4.69, 9.17) is 15.9 Å². The van der Waals surface area contributed by atoms with Crippen LogP contribution in [0.5, 0.6) is 0 Å². The zero-order chi connectivity index (χ0) is 8.53. The average Bonchev–Trinajstić information content (AvgIpc) is 2.05. The Balaban J connectivity index is 3.25. The van der Waals surface area contributed by atoms with Gasteiger partial charge in [-0.15, -0.1) is 0 Å². The van der Waals surface area contributed by atoms with Gasteiger partial charge in [0.05, 0.1) is 13.2 Å². The molecule has 0 saturated heterocycles. The van der Waals surface area contributed by atoms with Crippen molar-refractivity contribution in [2.75, 3.05) is 26.3 Å². The van der Waals surface area contributed by atoms with Crippen LogP contribution in [0.4, 0.5) is 0 Å². The van der Waals surface area contributed by atoms with Crippen LogP contribution in [0.3, 0.4) is 0 Å². The second-order valence-electron chi connectivity index (χ2n) is 2.49. The Morgan fingerprint density at radius 3 is 2.55 bits per heavy atom. The van der Waals surface area contributed by atoms with E-state index in [1.807, 2.05) is 0 Å². The van der Waals surface area contributed by atoms with Crippen molar-refractivity contribution in [3.05, 3.63) is 0 Å². The van der Waals surface area contributed by atoms with Crippen LogP contribution < -0.4 is 11.1 Å². The summed E-state index contributed by atoms with van der Waals surface area (Å²) < 4.78 is 0. The molecule has 0 aromatic heterocycles. The van der Waals surface area contributed by atoms with Crippen LogP contribution in [0, 0.1) is 0 Å². The van der Waals surface area contributed by atoms with E-state index >= 15 is 0 Å². The molecule has 0 saturated carbocycles. The second-order valence-corrected chi connectivity index (χ2v) is 2.49. The van der Waals surface area contributed by atoms with Crippen molar-refractivity contribution in [3.63, 3.8) is 0 Å². The average molecular weight is 162 g/mol. The molecule has 0 amide bonds. The number of aliphatic hydroxyl groups excluding tert-OH is 2. The highest BCUT2D eigenvalue weighted by Crippen LogP contribution is 1.93. The molecule has 1 atom stereocenters. The molecule has 0 bridgehead atoms. The van der Waals surface area contributed by atoms with E-state index < -0.39 is 0 Å². The standard InChI is InChI=1S/C7H18N2O2/c8-3-1-2-7(6-11)9-4-5-10/h7,9-11H,1-6,8H2. The molecule has 0 aliphatic rings. The number of nitrogens with two attached hydrogens (primary N) is 1. The maximum absolute atomic E-state index is 8.79. The monoisotopic (exact) mass is 162 g/mol. The molecular weight excluding hydrogens is 144 g/mol. The summed E-state index contributed by atoms with van der Waals surface area (Å²) in [6, 6.07) is 0.0886. The number of aliphatic hydroxyl groups is 2. The SMILES string of the molecule is NCCCC(CO)NCCO. The van der Waals surface area contributed by atoms with Crippen LogP contribution in [0.2, 0.25) is 0 Å². The largest absolute Gasteiger partial charge is 0.395 e. The minimum atomic E-state index is 0.0886. The van der Waals surface area contributed by atoms with Gasteiger partial charge in [0.25, 0.3) is 0 Å². The smallest absolute Gasteiger partial charge is 0.0584 e. The van der Waals surface area contributed by atoms with Crippen molar-refractivity contribution in [2.24, 2.45) is 5.73 Å². The van der Waals surface area contributed by atoms with E-state index in [9.17, 15) is 0 Å². The van der Waals surface area contributed by atoms with Crippen LogP contribution >= 0.6 is 0 Å². The van der Waals surface area contributed by atoms with Crippen molar-refractivity contribution in [1.29, 1.82) is 0 Å². The lowest BCUT2D eigenvalue weighted by Gasteiger charge is -2.14. The molecule has 1 unspecified atom stereocenters. The fourth-order valence-electron chi connectivity index (χ4n) is 0.891. The van der Waals surface area contributed by atoms with E-state index in [-0.39, 0.29) is 19.3 Å². The summed E-state index contributed by atoms with van der Waals surface area (Å²) in [4.78, 5) is 0. The molecule has 0 radical (unpaired) electrons. The predicted molar refractivity (Wildman–Crippen MR) is 44.3 cm³/mol. The van der Waals surface area contributed by atoms with Gasteiger partial charge in [-0.05, 0) is 19.4 Å². The highest BCUT2D eigenvalue weighted by atomic mass is 16.3. The van der Waals surface area contributed by atoms with Gasteiger partial charge in [-0.3, -0.25) is 0 Å². The van der Waals surface area contributed by atoms with Gasteiger partial charge >= 0.3 is 0 Å². The highest BCUT2D eigenvalue weighted by molar-refractivity contribution is 4.64. The number of nitrogens with one attached hydrogen (secondary N) is 1. The molecule has 0 aromatic rings. The third kappa shape index (κ3) is 6.25.